The van der Waals surface area contributed by atoms with Crippen molar-refractivity contribution in [1.29, 1.82) is 5.26 Å². The summed E-state index contributed by atoms with van der Waals surface area (Å²) in [6, 6.07) is 7.32. The van der Waals surface area contributed by atoms with Gasteiger partial charge in [-0.2, -0.15) is 5.26 Å². The van der Waals surface area contributed by atoms with Gasteiger partial charge in [0.25, 0.3) is 11.6 Å². The number of hydrogen-bond acceptors (Lipinski definition) is 6. The van der Waals surface area contributed by atoms with E-state index in [0.29, 0.717) is 6.54 Å². The molecule has 120 valence electrons. The molecule has 0 aromatic heterocycles. The van der Waals surface area contributed by atoms with Crippen molar-refractivity contribution in [2.24, 2.45) is 0 Å². The fourth-order valence-electron chi connectivity index (χ4n) is 2.14. The smallest absolute Gasteiger partial charge is 0.271 e. The van der Waals surface area contributed by atoms with E-state index in [-0.39, 0.29) is 23.1 Å². The Hall–Kier alpha value is -2.92. The number of benzene rings is 1. The standard InChI is InChI=1S/C15H16N4O4/c16-8-11(9-17-10-14-5-2-6-23-14)15(20)18-12-3-1-4-13(7-12)19(21)22/h1,3-4,7,9,14,17H,2,5-6,10H2,(H,18,20)/b11-9-. The van der Waals surface area contributed by atoms with Crippen LogP contribution >= 0.6 is 0 Å². The topological polar surface area (TPSA) is 117 Å². The average Bonchev–Trinajstić information content (AvgIpc) is 3.05. The van der Waals surface area contributed by atoms with Crippen LogP contribution in [0.3, 0.4) is 0 Å². The highest BCUT2D eigenvalue weighted by atomic mass is 16.6. The van der Waals surface area contributed by atoms with Crippen molar-refractivity contribution in [2.45, 2.75) is 18.9 Å². The van der Waals surface area contributed by atoms with E-state index in [2.05, 4.69) is 10.6 Å². The van der Waals surface area contributed by atoms with E-state index in [0.717, 1.165) is 19.4 Å². The van der Waals surface area contributed by atoms with Gasteiger partial charge in [-0.05, 0) is 18.9 Å². The lowest BCUT2D eigenvalue weighted by Crippen LogP contribution is -2.24. The molecular formula is C15H16N4O4. The van der Waals surface area contributed by atoms with E-state index < -0.39 is 10.8 Å². The number of carbonyl (C=O) groups is 1. The molecule has 0 bridgehead atoms. The number of non-ortho nitro benzene ring substituents is 1. The molecule has 2 N–H and O–H groups in total. The van der Waals surface area contributed by atoms with E-state index in [9.17, 15) is 14.9 Å². The van der Waals surface area contributed by atoms with Crippen molar-refractivity contribution in [3.8, 4) is 6.07 Å². The highest BCUT2D eigenvalue weighted by Gasteiger charge is 2.15. The minimum absolute atomic E-state index is 0.0889. The molecule has 0 radical (unpaired) electrons. The van der Waals surface area contributed by atoms with E-state index in [1.165, 1.54) is 30.5 Å². The summed E-state index contributed by atoms with van der Waals surface area (Å²) in [7, 11) is 0. The second kappa shape index (κ2) is 7.91. The molecule has 0 aliphatic carbocycles. The van der Waals surface area contributed by atoms with Crippen LogP contribution in [0.25, 0.3) is 0 Å². The number of nitrogens with one attached hydrogen (secondary N) is 2. The second-order valence-electron chi connectivity index (χ2n) is 4.97. The molecule has 1 saturated heterocycles. The number of amides is 1. The highest BCUT2D eigenvalue weighted by molar-refractivity contribution is 6.06. The van der Waals surface area contributed by atoms with Crippen LogP contribution in [-0.2, 0) is 9.53 Å². The molecule has 0 saturated carbocycles. The lowest BCUT2D eigenvalue weighted by molar-refractivity contribution is -0.384. The summed E-state index contributed by atoms with van der Waals surface area (Å²) in [6.45, 7) is 1.25. The van der Waals surface area contributed by atoms with Crippen LogP contribution < -0.4 is 10.6 Å². The maximum atomic E-state index is 12.0. The van der Waals surface area contributed by atoms with Crippen molar-refractivity contribution in [3.05, 3.63) is 46.2 Å². The SMILES string of the molecule is N#C/C(=C/NCC1CCCO1)C(=O)Nc1cccc([N+](=O)[O-])c1. The second-order valence-corrected chi connectivity index (χ2v) is 4.97. The van der Waals surface area contributed by atoms with Crippen LogP contribution in [-0.4, -0.2) is 30.1 Å². The predicted octanol–water partition coefficient (Wildman–Crippen LogP) is 1.71. The minimum atomic E-state index is -0.632. The molecule has 1 aromatic rings. The number of hydrogen-bond donors (Lipinski definition) is 2. The summed E-state index contributed by atoms with van der Waals surface area (Å²) in [5.74, 6) is -0.632. The lowest BCUT2D eigenvalue weighted by Gasteiger charge is -2.09. The van der Waals surface area contributed by atoms with Crippen LogP contribution in [0, 0.1) is 21.4 Å². The molecule has 8 nitrogen and oxygen atoms in total. The molecule has 1 atom stereocenters. The van der Waals surface area contributed by atoms with Gasteiger partial charge < -0.3 is 15.4 Å². The number of ether oxygens (including phenoxy) is 1. The average molecular weight is 316 g/mol. The molecule has 2 rings (SSSR count). The van der Waals surface area contributed by atoms with Crippen LogP contribution in [0.2, 0.25) is 0 Å². The maximum Gasteiger partial charge on any atom is 0.271 e. The van der Waals surface area contributed by atoms with Gasteiger partial charge in [-0.15, -0.1) is 0 Å². The molecule has 23 heavy (non-hydrogen) atoms. The number of nitrogens with zero attached hydrogens (tertiary/aromatic N) is 2. The molecule has 1 amide bonds. The number of carbonyl (C=O) groups excluding carboxylic acids is 1. The van der Waals surface area contributed by atoms with Gasteiger partial charge in [-0.3, -0.25) is 14.9 Å². The summed E-state index contributed by atoms with van der Waals surface area (Å²) in [4.78, 5) is 22.2. The Morgan fingerprint density at radius 1 is 1.57 bits per heavy atom. The Bertz CT molecular complexity index is 660. The first kappa shape index (κ1) is 16.5. The van der Waals surface area contributed by atoms with Crippen LogP contribution in [0.5, 0.6) is 0 Å². The maximum absolute atomic E-state index is 12.0. The van der Waals surface area contributed by atoms with Crippen molar-refractivity contribution in [3.63, 3.8) is 0 Å². The number of rotatable bonds is 6. The summed E-state index contributed by atoms with van der Waals surface area (Å²) >= 11 is 0. The van der Waals surface area contributed by atoms with Crippen LogP contribution in [0.1, 0.15) is 12.8 Å². The van der Waals surface area contributed by atoms with Gasteiger partial charge in [0.15, 0.2) is 0 Å². The molecule has 1 unspecified atom stereocenters. The zero-order valence-corrected chi connectivity index (χ0v) is 12.3. The zero-order valence-electron chi connectivity index (χ0n) is 12.3. The zero-order chi connectivity index (χ0) is 16.7. The Morgan fingerprint density at radius 2 is 2.39 bits per heavy atom. The third-order valence-electron chi connectivity index (χ3n) is 3.30. The van der Waals surface area contributed by atoms with Gasteiger partial charge >= 0.3 is 0 Å². The molecule has 1 aliphatic rings. The fourth-order valence-corrected chi connectivity index (χ4v) is 2.14. The minimum Gasteiger partial charge on any atom is -0.387 e. The van der Waals surface area contributed by atoms with Gasteiger partial charge in [0.2, 0.25) is 0 Å². The van der Waals surface area contributed by atoms with E-state index in [4.69, 9.17) is 10.00 Å². The molecule has 1 heterocycles. The molecule has 1 aliphatic heterocycles. The monoisotopic (exact) mass is 316 g/mol. The number of nitro groups is 1. The first-order valence-corrected chi connectivity index (χ1v) is 7.11. The van der Waals surface area contributed by atoms with Crippen LogP contribution in [0.15, 0.2) is 36.0 Å². The Balaban J connectivity index is 1.95. The summed E-state index contributed by atoms with van der Waals surface area (Å²) < 4.78 is 5.42. The van der Waals surface area contributed by atoms with Gasteiger partial charge in [0.05, 0.1) is 11.0 Å². The summed E-state index contributed by atoms with van der Waals surface area (Å²) in [5, 5.41) is 25.1. The molecule has 0 spiro atoms. The summed E-state index contributed by atoms with van der Waals surface area (Å²) in [5.41, 5.74) is 0.000716. The fraction of sp³-hybridized carbons (Fsp3) is 0.333. The van der Waals surface area contributed by atoms with Gasteiger partial charge in [0, 0.05) is 37.2 Å². The number of nitriles is 1. The molecule has 1 fully saturated rings. The van der Waals surface area contributed by atoms with Crippen molar-refractivity contribution in [2.75, 3.05) is 18.5 Å². The lowest BCUT2D eigenvalue weighted by atomic mass is 10.2. The Morgan fingerprint density at radius 3 is 3.04 bits per heavy atom. The molecule has 1 aromatic carbocycles. The van der Waals surface area contributed by atoms with E-state index in [1.54, 1.807) is 6.07 Å². The van der Waals surface area contributed by atoms with Crippen molar-refractivity contribution >= 4 is 17.3 Å². The number of nitro benzene ring substituents is 1. The predicted molar refractivity (Wildman–Crippen MR) is 82.4 cm³/mol. The Labute approximate surface area is 132 Å². The van der Waals surface area contributed by atoms with Gasteiger partial charge in [-0.1, -0.05) is 6.07 Å². The largest absolute Gasteiger partial charge is 0.387 e. The Kier molecular flexibility index (Phi) is 5.66. The van der Waals surface area contributed by atoms with E-state index >= 15 is 0 Å². The van der Waals surface area contributed by atoms with Crippen LogP contribution in [0.4, 0.5) is 11.4 Å². The quantitative estimate of drug-likeness (QED) is 0.357. The number of anilines is 1. The van der Waals surface area contributed by atoms with Crippen molar-refractivity contribution < 1.29 is 14.5 Å². The van der Waals surface area contributed by atoms with Crippen molar-refractivity contribution in [1.82, 2.24) is 5.32 Å². The molecular weight excluding hydrogens is 300 g/mol. The van der Waals surface area contributed by atoms with Gasteiger partial charge in [-0.25, -0.2) is 0 Å². The first-order chi connectivity index (χ1) is 11.1. The highest BCUT2D eigenvalue weighted by Crippen LogP contribution is 2.17. The molecule has 8 heteroatoms. The third kappa shape index (κ3) is 4.79. The van der Waals surface area contributed by atoms with E-state index in [1.807, 2.05) is 0 Å². The third-order valence-corrected chi connectivity index (χ3v) is 3.30. The van der Waals surface area contributed by atoms with Gasteiger partial charge in [0.1, 0.15) is 11.6 Å². The first-order valence-electron chi connectivity index (χ1n) is 7.11. The normalized spacial score (nSPS) is 17.3. The summed E-state index contributed by atoms with van der Waals surface area (Å²) in [6.07, 6.45) is 3.37.